The molecule has 1 heterocycles. The Bertz CT molecular complexity index is 918. The molecule has 0 radical (unpaired) electrons. The van der Waals surface area contributed by atoms with Crippen LogP contribution >= 0.6 is 0 Å². The molecule has 2 aromatic rings. The molecule has 6 heteroatoms. The minimum atomic E-state index is -0.761. The van der Waals surface area contributed by atoms with Crippen molar-refractivity contribution in [1.29, 1.82) is 0 Å². The van der Waals surface area contributed by atoms with Crippen molar-refractivity contribution in [2.75, 3.05) is 13.7 Å². The van der Waals surface area contributed by atoms with Gasteiger partial charge in [-0.05, 0) is 36.2 Å². The van der Waals surface area contributed by atoms with E-state index in [2.05, 4.69) is 0 Å². The highest BCUT2D eigenvalue weighted by molar-refractivity contribution is 6.46. The standard InChI is InChI=1S/C21H21NO5/c1-3-10-22-18(13-6-4-8-15(23)11-13)17(20(25)21(22)26)19(24)14-7-5-9-16(12-14)27-2/h4-9,11-12,18,23-24H,3,10H2,1-2H3/b19-17-. The van der Waals surface area contributed by atoms with Crippen molar-refractivity contribution in [2.24, 2.45) is 0 Å². The van der Waals surface area contributed by atoms with Crippen LogP contribution in [0.2, 0.25) is 0 Å². The Morgan fingerprint density at radius 2 is 1.89 bits per heavy atom. The zero-order chi connectivity index (χ0) is 19.6. The highest BCUT2D eigenvalue weighted by Gasteiger charge is 2.45. The van der Waals surface area contributed by atoms with E-state index in [9.17, 15) is 19.8 Å². The lowest BCUT2D eigenvalue weighted by molar-refractivity contribution is -0.139. The Morgan fingerprint density at radius 3 is 2.56 bits per heavy atom. The van der Waals surface area contributed by atoms with Crippen molar-refractivity contribution in [1.82, 2.24) is 4.90 Å². The van der Waals surface area contributed by atoms with Crippen molar-refractivity contribution in [3.8, 4) is 11.5 Å². The predicted octanol–water partition coefficient (Wildman–Crippen LogP) is 3.23. The third-order valence-corrected chi connectivity index (χ3v) is 4.53. The first-order valence-electron chi connectivity index (χ1n) is 8.69. The lowest BCUT2D eigenvalue weighted by Crippen LogP contribution is -2.30. The van der Waals surface area contributed by atoms with Crippen LogP contribution in [0.3, 0.4) is 0 Å². The number of ketones is 1. The molecule has 1 aliphatic rings. The molecule has 2 aromatic carbocycles. The summed E-state index contributed by atoms with van der Waals surface area (Å²) in [5.41, 5.74) is 0.952. The van der Waals surface area contributed by atoms with Gasteiger partial charge in [0.1, 0.15) is 17.3 Å². The molecule has 0 saturated carbocycles. The second-order valence-corrected chi connectivity index (χ2v) is 6.32. The second kappa shape index (κ2) is 7.53. The van der Waals surface area contributed by atoms with Crippen LogP contribution in [-0.4, -0.2) is 40.5 Å². The number of ether oxygens (including phenoxy) is 1. The van der Waals surface area contributed by atoms with E-state index >= 15 is 0 Å². The average Bonchev–Trinajstić information content (AvgIpc) is 2.93. The SMILES string of the molecule is CCCN1C(=O)C(=O)/C(=C(\O)c2cccc(OC)c2)C1c1cccc(O)c1. The van der Waals surface area contributed by atoms with E-state index in [-0.39, 0.29) is 17.1 Å². The fraction of sp³-hybridized carbons (Fsp3) is 0.238. The lowest BCUT2D eigenvalue weighted by Gasteiger charge is -2.25. The van der Waals surface area contributed by atoms with Gasteiger partial charge in [-0.2, -0.15) is 0 Å². The monoisotopic (exact) mass is 367 g/mol. The number of Topliss-reactive ketones (excluding diaryl/α,β-unsaturated/α-hetero) is 1. The average molecular weight is 367 g/mol. The number of carbonyl (C=O) groups excluding carboxylic acids is 2. The van der Waals surface area contributed by atoms with Crippen LogP contribution in [0.25, 0.3) is 5.76 Å². The number of amides is 1. The summed E-state index contributed by atoms with van der Waals surface area (Å²) < 4.78 is 5.17. The van der Waals surface area contributed by atoms with Gasteiger partial charge in [-0.25, -0.2) is 0 Å². The summed E-state index contributed by atoms with van der Waals surface area (Å²) in [6.45, 7) is 2.26. The van der Waals surface area contributed by atoms with E-state index in [1.165, 1.54) is 24.1 Å². The molecule has 1 saturated heterocycles. The molecular weight excluding hydrogens is 346 g/mol. The Balaban J connectivity index is 2.20. The quantitative estimate of drug-likeness (QED) is 0.481. The maximum atomic E-state index is 12.7. The van der Waals surface area contributed by atoms with E-state index < -0.39 is 17.7 Å². The number of likely N-dealkylation sites (tertiary alicyclic amines) is 1. The Morgan fingerprint density at radius 1 is 1.15 bits per heavy atom. The lowest BCUT2D eigenvalue weighted by atomic mass is 9.95. The number of rotatable bonds is 5. The molecule has 3 rings (SSSR count). The van der Waals surface area contributed by atoms with Crippen LogP contribution in [-0.2, 0) is 9.59 Å². The summed E-state index contributed by atoms with van der Waals surface area (Å²) in [7, 11) is 1.51. The minimum absolute atomic E-state index is 0.00676. The summed E-state index contributed by atoms with van der Waals surface area (Å²) in [5.74, 6) is -1.11. The number of aromatic hydroxyl groups is 1. The first-order chi connectivity index (χ1) is 13.0. The van der Waals surface area contributed by atoms with Crippen molar-refractivity contribution in [2.45, 2.75) is 19.4 Å². The zero-order valence-electron chi connectivity index (χ0n) is 15.2. The topological polar surface area (TPSA) is 87.1 Å². The van der Waals surface area contributed by atoms with Crippen molar-refractivity contribution in [3.63, 3.8) is 0 Å². The molecule has 1 unspecified atom stereocenters. The second-order valence-electron chi connectivity index (χ2n) is 6.32. The molecule has 6 nitrogen and oxygen atoms in total. The third-order valence-electron chi connectivity index (χ3n) is 4.53. The number of hydrogen-bond acceptors (Lipinski definition) is 5. The molecule has 0 spiro atoms. The van der Waals surface area contributed by atoms with Gasteiger partial charge >= 0.3 is 0 Å². The summed E-state index contributed by atoms with van der Waals surface area (Å²) in [5, 5.41) is 20.7. The summed E-state index contributed by atoms with van der Waals surface area (Å²) >= 11 is 0. The van der Waals surface area contributed by atoms with Gasteiger partial charge < -0.3 is 19.8 Å². The van der Waals surface area contributed by atoms with E-state index in [4.69, 9.17) is 4.74 Å². The van der Waals surface area contributed by atoms with E-state index in [0.29, 0.717) is 29.8 Å². The van der Waals surface area contributed by atoms with Gasteiger partial charge in [-0.15, -0.1) is 0 Å². The maximum Gasteiger partial charge on any atom is 0.295 e. The molecule has 140 valence electrons. The van der Waals surface area contributed by atoms with Gasteiger partial charge in [0.2, 0.25) is 0 Å². The van der Waals surface area contributed by atoms with Gasteiger partial charge in [0, 0.05) is 12.1 Å². The van der Waals surface area contributed by atoms with Crippen molar-refractivity contribution >= 4 is 17.4 Å². The number of carbonyl (C=O) groups is 2. The summed E-state index contributed by atoms with van der Waals surface area (Å²) in [6.07, 6.45) is 0.654. The zero-order valence-corrected chi connectivity index (χ0v) is 15.2. The van der Waals surface area contributed by atoms with Gasteiger partial charge in [-0.3, -0.25) is 9.59 Å². The highest BCUT2D eigenvalue weighted by Crippen LogP contribution is 2.40. The molecule has 1 fully saturated rings. The van der Waals surface area contributed by atoms with Crippen LogP contribution in [0.5, 0.6) is 11.5 Å². The fourth-order valence-electron chi connectivity index (χ4n) is 3.32. The van der Waals surface area contributed by atoms with Crippen LogP contribution in [0.4, 0.5) is 0 Å². The smallest absolute Gasteiger partial charge is 0.295 e. The Kier molecular flexibility index (Phi) is 5.16. The van der Waals surface area contributed by atoms with E-state index in [1.807, 2.05) is 6.92 Å². The highest BCUT2D eigenvalue weighted by atomic mass is 16.5. The first-order valence-corrected chi connectivity index (χ1v) is 8.69. The molecule has 27 heavy (non-hydrogen) atoms. The van der Waals surface area contributed by atoms with Crippen LogP contribution in [0, 0.1) is 0 Å². The number of hydrogen-bond donors (Lipinski definition) is 2. The molecule has 1 aliphatic heterocycles. The van der Waals surface area contributed by atoms with Crippen LogP contribution in [0.15, 0.2) is 54.1 Å². The maximum absolute atomic E-state index is 12.7. The van der Waals surface area contributed by atoms with E-state index in [0.717, 1.165) is 0 Å². The molecule has 1 amide bonds. The first kappa shape index (κ1) is 18.5. The fourth-order valence-corrected chi connectivity index (χ4v) is 3.32. The molecule has 0 aliphatic carbocycles. The van der Waals surface area contributed by atoms with Crippen molar-refractivity contribution < 1.29 is 24.5 Å². The molecule has 0 aromatic heterocycles. The van der Waals surface area contributed by atoms with E-state index in [1.54, 1.807) is 36.4 Å². The number of phenols is 1. The number of benzene rings is 2. The number of phenolic OH excluding ortho intramolecular Hbond substituents is 1. The number of aliphatic hydroxyl groups excluding tert-OH is 1. The number of aliphatic hydroxyl groups is 1. The number of nitrogens with zero attached hydrogens (tertiary/aromatic N) is 1. The molecular formula is C21H21NO5. The van der Waals surface area contributed by atoms with Gasteiger partial charge in [-0.1, -0.05) is 31.2 Å². The van der Waals surface area contributed by atoms with Crippen LogP contribution in [0.1, 0.15) is 30.5 Å². The Labute approximate surface area is 157 Å². The largest absolute Gasteiger partial charge is 0.508 e. The normalized spacial score (nSPS) is 18.7. The summed E-state index contributed by atoms with van der Waals surface area (Å²) in [6, 6.07) is 12.3. The van der Waals surface area contributed by atoms with Crippen LogP contribution < -0.4 is 4.74 Å². The molecule has 1 atom stereocenters. The number of methoxy groups -OCH3 is 1. The Hall–Kier alpha value is -3.28. The van der Waals surface area contributed by atoms with Gasteiger partial charge in [0.05, 0.1) is 18.7 Å². The molecule has 2 N–H and O–H groups in total. The minimum Gasteiger partial charge on any atom is -0.508 e. The van der Waals surface area contributed by atoms with Gasteiger partial charge in [0.25, 0.3) is 11.7 Å². The summed E-state index contributed by atoms with van der Waals surface area (Å²) in [4.78, 5) is 26.7. The predicted molar refractivity (Wildman–Crippen MR) is 100 cm³/mol. The third kappa shape index (κ3) is 3.38. The molecule has 0 bridgehead atoms. The van der Waals surface area contributed by atoms with Gasteiger partial charge in [0.15, 0.2) is 0 Å². The van der Waals surface area contributed by atoms with Crippen molar-refractivity contribution in [3.05, 3.63) is 65.2 Å².